The highest BCUT2D eigenvalue weighted by Gasteiger charge is 2.17. The molecule has 0 saturated heterocycles. The van der Waals surface area contributed by atoms with E-state index in [4.69, 9.17) is 4.74 Å². The number of pyridine rings is 1. The Morgan fingerprint density at radius 3 is 2.32 bits per heavy atom. The second-order valence-electron chi connectivity index (χ2n) is 5.86. The standard InChI is InChI=1S/C17H22NO/c1-17(2,3)15-6-5-11-18(13-15)12-14-7-9-16(19-4)10-8-14/h5-11,13H,12H2,1-4H3/q+1. The van der Waals surface area contributed by atoms with Gasteiger partial charge in [-0.15, -0.1) is 0 Å². The Bertz CT molecular complexity index is 538. The molecule has 0 aliphatic carbocycles. The molecule has 19 heavy (non-hydrogen) atoms. The summed E-state index contributed by atoms with van der Waals surface area (Å²) in [4.78, 5) is 0. The summed E-state index contributed by atoms with van der Waals surface area (Å²) in [5.41, 5.74) is 2.81. The molecule has 0 N–H and O–H groups in total. The summed E-state index contributed by atoms with van der Waals surface area (Å²) < 4.78 is 7.40. The Hall–Kier alpha value is -1.83. The monoisotopic (exact) mass is 256 g/mol. The molecular formula is C17H22NO+. The van der Waals surface area contributed by atoms with Gasteiger partial charge in [-0.25, -0.2) is 4.57 Å². The van der Waals surface area contributed by atoms with Crippen molar-refractivity contribution in [3.8, 4) is 5.75 Å². The van der Waals surface area contributed by atoms with Crippen LogP contribution >= 0.6 is 0 Å². The first-order chi connectivity index (χ1) is 8.99. The Morgan fingerprint density at radius 1 is 1.05 bits per heavy atom. The van der Waals surface area contributed by atoms with E-state index >= 15 is 0 Å². The highest BCUT2D eigenvalue weighted by Crippen LogP contribution is 2.20. The third-order valence-corrected chi connectivity index (χ3v) is 3.25. The van der Waals surface area contributed by atoms with Crippen molar-refractivity contribution in [2.45, 2.75) is 32.7 Å². The maximum absolute atomic E-state index is 5.18. The van der Waals surface area contributed by atoms with Gasteiger partial charge in [0, 0.05) is 17.2 Å². The third kappa shape index (κ3) is 3.57. The molecule has 0 atom stereocenters. The number of ether oxygens (including phenoxy) is 1. The Morgan fingerprint density at radius 2 is 1.74 bits per heavy atom. The molecule has 2 rings (SSSR count). The number of nitrogens with zero attached hydrogens (tertiary/aromatic N) is 1. The summed E-state index contributed by atoms with van der Waals surface area (Å²) in [6.07, 6.45) is 4.34. The van der Waals surface area contributed by atoms with Crippen molar-refractivity contribution in [2.24, 2.45) is 0 Å². The summed E-state index contributed by atoms with van der Waals surface area (Å²) in [5.74, 6) is 0.900. The zero-order chi connectivity index (χ0) is 13.9. The first kappa shape index (κ1) is 13.6. The van der Waals surface area contributed by atoms with Crippen molar-refractivity contribution >= 4 is 0 Å². The van der Waals surface area contributed by atoms with Crippen molar-refractivity contribution in [3.05, 3.63) is 59.9 Å². The molecule has 0 fully saturated rings. The molecule has 0 unspecified atom stereocenters. The van der Waals surface area contributed by atoms with E-state index < -0.39 is 0 Å². The van der Waals surface area contributed by atoms with Crippen LogP contribution in [-0.2, 0) is 12.0 Å². The van der Waals surface area contributed by atoms with E-state index in [1.54, 1.807) is 7.11 Å². The number of rotatable bonds is 3. The lowest BCUT2D eigenvalue weighted by Gasteiger charge is -2.16. The van der Waals surface area contributed by atoms with Gasteiger partial charge in [0.05, 0.1) is 7.11 Å². The number of aromatic nitrogens is 1. The van der Waals surface area contributed by atoms with Crippen LogP contribution < -0.4 is 9.30 Å². The van der Waals surface area contributed by atoms with Gasteiger partial charge in [-0.3, -0.25) is 0 Å². The maximum atomic E-state index is 5.18. The highest BCUT2D eigenvalue weighted by molar-refractivity contribution is 5.26. The van der Waals surface area contributed by atoms with Crippen LogP contribution in [0.5, 0.6) is 5.75 Å². The minimum absolute atomic E-state index is 0.183. The summed E-state index contributed by atoms with van der Waals surface area (Å²) in [5, 5.41) is 0. The molecule has 0 amide bonds. The van der Waals surface area contributed by atoms with Gasteiger partial charge < -0.3 is 4.74 Å². The summed E-state index contributed by atoms with van der Waals surface area (Å²) >= 11 is 0. The Labute approximate surface area is 115 Å². The Balaban J connectivity index is 2.18. The summed E-state index contributed by atoms with van der Waals surface area (Å²) in [7, 11) is 1.69. The lowest BCUT2D eigenvalue weighted by atomic mass is 9.88. The van der Waals surface area contributed by atoms with Crippen molar-refractivity contribution < 1.29 is 9.30 Å². The van der Waals surface area contributed by atoms with Crippen LogP contribution in [0.15, 0.2) is 48.8 Å². The summed E-state index contributed by atoms with van der Waals surface area (Å²) in [6.45, 7) is 7.59. The predicted molar refractivity (Wildman–Crippen MR) is 77.4 cm³/mol. The number of benzene rings is 1. The molecule has 100 valence electrons. The molecule has 2 nitrogen and oxygen atoms in total. The van der Waals surface area contributed by atoms with Gasteiger partial charge in [0.1, 0.15) is 5.75 Å². The van der Waals surface area contributed by atoms with Crippen LogP contribution in [0, 0.1) is 0 Å². The second kappa shape index (κ2) is 5.43. The SMILES string of the molecule is COc1ccc(C[n+]2cccc(C(C)(C)C)c2)cc1. The number of methoxy groups -OCH3 is 1. The summed E-state index contributed by atoms with van der Waals surface area (Å²) in [6, 6.07) is 12.5. The van der Waals surface area contributed by atoms with Gasteiger partial charge in [-0.2, -0.15) is 0 Å². The quantitative estimate of drug-likeness (QED) is 0.768. The first-order valence-electron chi connectivity index (χ1n) is 6.61. The molecule has 0 spiro atoms. The molecule has 2 heteroatoms. The normalized spacial score (nSPS) is 11.4. The second-order valence-corrected chi connectivity index (χ2v) is 5.86. The van der Waals surface area contributed by atoms with E-state index in [1.807, 2.05) is 12.1 Å². The Kier molecular flexibility index (Phi) is 3.89. The zero-order valence-corrected chi connectivity index (χ0v) is 12.2. The number of hydrogen-bond donors (Lipinski definition) is 0. The van der Waals surface area contributed by atoms with E-state index in [2.05, 4.69) is 62.0 Å². The van der Waals surface area contributed by atoms with Crippen LogP contribution in [0.2, 0.25) is 0 Å². The van der Waals surface area contributed by atoms with Crippen LogP contribution in [0.25, 0.3) is 0 Å². The van der Waals surface area contributed by atoms with Gasteiger partial charge in [0.2, 0.25) is 0 Å². The fourth-order valence-corrected chi connectivity index (χ4v) is 2.01. The lowest BCUT2D eigenvalue weighted by molar-refractivity contribution is -0.688. The van der Waals surface area contributed by atoms with E-state index in [9.17, 15) is 0 Å². The van der Waals surface area contributed by atoms with Gasteiger partial charge in [0.15, 0.2) is 18.9 Å². The fourth-order valence-electron chi connectivity index (χ4n) is 2.01. The molecule has 1 heterocycles. The maximum Gasteiger partial charge on any atom is 0.173 e. The van der Waals surface area contributed by atoms with Gasteiger partial charge in [-0.1, -0.05) is 20.8 Å². The molecule has 1 aromatic carbocycles. The highest BCUT2D eigenvalue weighted by atomic mass is 16.5. The van der Waals surface area contributed by atoms with E-state index in [0.717, 1.165) is 12.3 Å². The van der Waals surface area contributed by atoms with Crippen molar-refractivity contribution in [2.75, 3.05) is 7.11 Å². The fraction of sp³-hybridized carbons (Fsp3) is 0.353. The van der Waals surface area contributed by atoms with Crippen LogP contribution in [0.1, 0.15) is 31.9 Å². The number of hydrogen-bond acceptors (Lipinski definition) is 1. The van der Waals surface area contributed by atoms with Crippen molar-refractivity contribution in [1.29, 1.82) is 0 Å². The van der Waals surface area contributed by atoms with Gasteiger partial charge >= 0.3 is 0 Å². The predicted octanol–water partition coefficient (Wildman–Crippen LogP) is 3.33. The minimum atomic E-state index is 0.183. The molecule has 0 aliphatic rings. The molecule has 0 radical (unpaired) electrons. The van der Waals surface area contributed by atoms with E-state index in [-0.39, 0.29) is 5.41 Å². The average Bonchev–Trinajstić information content (AvgIpc) is 2.39. The van der Waals surface area contributed by atoms with Gasteiger partial charge in [0.25, 0.3) is 0 Å². The molecule has 0 bridgehead atoms. The molecule has 1 aromatic heterocycles. The van der Waals surface area contributed by atoms with Crippen molar-refractivity contribution in [1.82, 2.24) is 0 Å². The van der Waals surface area contributed by atoms with E-state index in [0.29, 0.717) is 0 Å². The van der Waals surface area contributed by atoms with Gasteiger partial charge in [-0.05, 0) is 35.7 Å². The molecule has 0 aliphatic heterocycles. The largest absolute Gasteiger partial charge is 0.497 e. The lowest BCUT2D eigenvalue weighted by Crippen LogP contribution is -2.35. The minimum Gasteiger partial charge on any atom is -0.497 e. The average molecular weight is 256 g/mol. The molecule has 2 aromatic rings. The van der Waals surface area contributed by atoms with E-state index in [1.165, 1.54) is 11.1 Å². The zero-order valence-electron chi connectivity index (χ0n) is 12.2. The van der Waals surface area contributed by atoms with Crippen molar-refractivity contribution in [3.63, 3.8) is 0 Å². The first-order valence-corrected chi connectivity index (χ1v) is 6.61. The van der Waals surface area contributed by atoms with Crippen LogP contribution in [0.3, 0.4) is 0 Å². The van der Waals surface area contributed by atoms with Crippen LogP contribution in [-0.4, -0.2) is 7.11 Å². The smallest absolute Gasteiger partial charge is 0.173 e. The topological polar surface area (TPSA) is 13.1 Å². The van der Waals surface area contributed by atoms with Crippen LogP contribution in [0.4, 0.5) is 0 Å². The molecule has 0 saturated carbocycles. The molecular weight excluding hydrogens is 234 g/mol. The third-order valence-electron chi connectivity index (χ3n) is 3.25.